The fraction of sp³-hybridized carbons (Fsp3) is 1.00. The van der Waals surface area contributed by atoms with Gasteiger partial charge in [-0.15, -0.1) is 0 Å². The highest BCUT2D eigenvalue weighted by molar-refractivity contribution is 9.09. The van der Waals surface area contributed by atoms with Crippen LogP contribution in [0.1, 0.15) is 13.3 Å². The Morgan fingerprint density at radius 1 is 1.64 bits per heavy atom. The molecule has 1 saturated heterocycles. The molecule has 0 aliphatic carbocycles. The van der Waals surface area contributed by atoms with E-state index < -0.39 is 0 Å². The lowest BCUT2D eigenvalue weighted by atomic mass is 10.2. The van der Waals surface area contributed by atoms with Crippen LogP contribution in [-0.4, -0.2) is 42.5 Å². The number of rotatable bonds is 3. The Hall–Kier alpha value is 0.400. The van der Waals surface area contributed by atoms with Crippen molar-refractivity contribution in [1.82, 2.24) is 10.2 Å². The van der Waals surface area contributed by atoms with E-state index in [1.165, 1.54) is 19.5 Å². The molecule has 0 aromatic carbocycles. The normalized spacial score (nSPS) is 27.3. The van der Waals surface area contributed by atoms with Gasteiger partial charge in [0.15, 0.2) is 0 Å². The molecule has 1 fully saturated rings. The number of piperazine rings is 1. The molecule has 0 radical (unpaired) electrons. The molecular formula is C8H17BrN2. The molecule has 1 heterocycles. The van der Waals surface area contributed by atoms with Gasteiger partial charge in [0.1, 0.15) is 0 Å². The molecule has 0 amide bonds. The van der Waals surface area contributed by atoms with Crippen molar-refractivity contribution in [1.29, 1.82) is 0 Å². The lowest BCUT2D eigenvalue weighted by Gasteiger charge is -2.33. The number of halogens is 1. The van der Waals surface area contributed by atoms with Gasteiger partial charge in [0.25, 0.3) is 0 Å². The third-order valence-corrected chi connectivity index (χ3v) is 2.78. The minimum absolute atomic E-state index is 0.725. The Labute approximate surface area is 77.5 Å². The largest absolute Gasteiger partial charge is 0.314 e. The summed E-state index contributed by atoms with van der Waals surface area (Å²) in [5.74, 6) is 0. The zero-order chi connectivity index (χ0) is 8.10. The maximum atomic E-state index is 3.45. The Morgan fingerprint density at radius 2 is 2.45 bits per heavy atom. The molecule has 1 unspecified atom stereocenters. The first kappa shape index (κ1) is 9.49. The van der Waals surface area contributed by atoms with Crippen molar-refractivity contribution in [3.05, 3.63) is 0 Å². The molecule has 1 N–H and O–H groups in total. The predicted octanol–water partition coefficient (Wildman–Crippen LogP) is 1.07. The molecule has 1 rings (SSSR count). The zero-order valence-corrected chi connectivity index (χ0v) is 8.73. The van der Waals surface area contributed by atoms with Gasteiger partial charge in [0.2, 0.25) is 0 Å². The second kappa shape index (κ2) is 5.12. The summed E-state index contributed by atoms with van der Waals surface area (Å²) in [4.78, 5) is 2.55. The van der Waals surface area contributed by atoms with Crippen LogP contribution in [0.15, 0.2) is 0 Å². The summed E-state index contributed by atoms with van der Waals surface area (Å²) < 4.78 is 0. The van der Waals surface area contributed by atoms with E-state index in [2.05, 4.69) is 33.1 Å². The summed E-state index contributed by atoms with van der Waals surface area (Å²) in [6, 6.07) is 0.725. The van der Waals surface area contributed by atoms with Crippen molar-refractivity contribution in [2.24, 2.45) is 0 Å². The number of alkyl halides is 1. The highest BCUT2D eigenvalue weighted by Crippen LogP contribution is 2.03. The molecule has 0 spiro atoms. The molecule has 0 aromatic rings. The van der Waals surface area contributed by atoms with Crippen molar-refractivity contribution in [3.63, 3.8) is 0 Å². The predicted molar refractivity (Wildman–Crippen MR) is 52.3 cm³/mol. The van der Waals surface area contributed by atoms with Crippen LogP contribution < -0.4 is 5.32 Å². The van der Waals surface area contributed by atoms with E-state index in [-0.39, 0.29) is 0 Å². The van der Waals surface area contributed by atoms with E-state index >= 15 is 0 Å². The summed E-state index contributed by atoms with van der Waals surface area (Å²) in [5.41, 5.74) is 0. The average Bonchev–Trinajstić information content (AvgIpc) is 2.03. The summed E-state index contributed by atoms with van der Waals surface area (Å²) in [6.45, 7) is 7.07. The quantitative estimate of drug-likeness (QED) is 0.717. The van der Waals surface area contributed by atoms with Crippen molar-refractivity contribution < 1.29 is 0 Å². The minimum atomic E-state index is 0.725. The molecular weight excluding hydrogens is 204 g/mol. The summed E-state index contributed by atoms with van der Waals surface area (Å²) in [7, 11) is 0. The van der Waals surface area contributed by atoms with Crippen LogP contribution >= 0.6 is 15.9 Å². The molecule has 0 bridgehead atoms. The van der Waals surface area contributed by atoms with Gasteiger partial charge in [-0.1, -0.05) is 15.9 Å². The van der Waals surface area contributed by atoms with Gasteiger partial charge in [-0.05, 0) is 19.9 Å². The van der Waals surface area contributed by atoms with Gasteiger partial charge in [-0.25, -0.2) is 0 Å². The molecule has 11 heavy (non-hydrogen) atoms. The summed E-state index contributed by atoms with van der Waals surface area (Å²) in [5, 5.41) is 4.52. The van der Waals surface area contributed by atoms with Crippen LogP contribution in [0.5, 0.6) is 0 Å². The zero-order valence-electron chi connectivity index (χ0n) is 7.15. The average molecular weight is 221 g/mol. The Kier molecular flexibility index (Phi) is 4.41. The van der Waals surface area contributed by atoms with Gasteiger partial charge in [-0.3, -0.25) is 4.90 Å². The maximum absolute atomic E-state index is 3.45. The Bertz CT molecular complexity index is 108. The van der Waals surface area contributed by atoms with Gasteiger partial charge < -0.3 is 5.32 Å². The van der Waals surface area contributed by atoms with Crippen LogP contribution in [0.25, 0.3) is 0 Å². The molecule has 66 valence electrons. The topological polar surface area (TPSA) is 15.3 Å². The van der Waals surface area contributed by atoms with Crippen LogP contribution in [0.4, 0.5) is 0 Å². The summed E-state index contributed by atoms with van der Waals surface area (Å²) in [6.07, 6.45) is 1.27. The Morgan fingerprint density at radius 3 is 3.09 bits per heavy atom. The smallest absolute Gasteiger partial charge is 0.0192 e. The molecule has 0 aromatic heterocycles. The maximum Gasteiger partial charge on any atom is 0.0192 e. The van der Waals surface area contributed by atoms with Crippen molar-refractivity contribution in [2.45, 2.75) is 19.4 Å². The number of hydrogen-bond acceptors (Lipinski definition) is 2. The molecule has 1 aliphatic heterocycles. The lowest BCUT2D eigenvalue weighted by molar-refractivity contribution is 0.175. The number of hydrogen-bond donors (Lipinski definition) is 1. The molecule has 1 atom stereocenters. The van der Waals surface area contributed by atoms with Crippen molar-refractivity contribution in [2.75, 3.05) is 31.5 Å². The van der Waals surface area contributed by atoms with E-state index in [0.717, 1.165) is 24.5 Å². The fourth-order valence-electron chi connectivity index (χ4n) is 1.48. The van der Waals surface area contributed by atoms with E-state index in [1.54, 1.807) is 0 Å². The number of nitrogens with zero attached hydrogens (tertiary/aromatic N) is 1. The van der Waals surface area contributed by atoms with Crippen LogP contribution in [0.3, 0.4) is 0 Å². The first-order valence-corrected chi connectivity index (χ1v) is 5.47. The molecule has 3 heteroatoms. The molecule has 1 aliphatic rings. The first-order chi connectivity index (χ1) is 5.34. The minimum Gasteiger partial charge on any atom is -0.314 e. The number of nitrogens with one attached hydrogen (secondary N) is 1. The van der Waals surface area contributed by atoms with Crippen LogP contribution in [0, 0.1) is 0 Å². The van der Waals surface area contributed by atoms with E-state index in [9.17, 15) is 0 Å². The Balaban J connectivity index is 2.18. The first-order valence-electron chi connectivity index (χ1n) is 4.35. The fourth-order valence-corrected chi connectivity index (χ4v) is 1.73. The third-order valence-electron chi connectivity index (χ3n) is 2.22. The van der Waals surface area contributed by atoms with E-state index in [0.29, 0.717) is 0 Å². The van der Waals surface area contributed by atoms with Crippen molar-refractivity contribution in [3.8, 4) is 0 Å². The van der Waals surface area contributed by atoms with Gasteiger partial charge in [0, 0.05) is 31.0 Å². The van der Waals surface area contributed by atoms with Crippen molar-refractivity contribution >= 4 is 15.9 Å². The molecule has 0 saturated carbocycles. The van der Waals surface area contributed by atoms with E-state index in [4.69, 9.17) is 0 Å². The van der Waals surface area contributed by atoms with Crippen LogP contribution in [0.2, 0.25) is 0 Å². The monoisotopic (exact) mass is 220 g/mol. The highest BCUT2D eigenvalue weighted by atomic mass is 79.9. The molecule has 2 nitrogen and oxygen atoms in total. The second-order valence-corrected chi connectivity index (χ2v) is 3.92. The van der Waals surface area contributed by atoms with Gasteiger partial charge in [0.05, 0.1) is 0 Å². The lowest BCUT2D eigenvalue weighted by Crippen LogP contribution is -2.49. The third kappa shape index (κ3) is 3.09. The second-order valence-electron chi connectivity index (χ2n) is 3.13. The van der Waals surface area contributed by atoms with Gasteiger partial charge >= 0.3 is 0 Å². The van der Waals surface area contributed by atoms with E-state index in [1.807, 2.05) is 0 Å². The highest BCUT2D eigenvalue weighted by Gasteiger charge is 2.16. The summed E-state index contributed by atoms with van der Waals surface area (Å²) >= 11 is 3.45. The van der Waals surface area contributed by atoms with Gasteiger partial charge in [-0.2, -0.15) is 0 Å². The SMILES string of the molecule is CC1CNCCN1CCCBr. The van der Waals surface area contributed by atoms with Crippen LogP contribution in [-0.2, 0) is 0 Å². The standard InChI is InChI=1S/C8H17BrN2/c1-8-7-10-4-6-11(8)5-2-3-9/h8,10H,2-7H2,1H3.